The molecule has 2 N–H and O–H groups in total. The fourth-order valence-electron chi connectivity index (χ4n) is 2.26. The molecule has 0 bridgehead atoms. The molecule has 148 valence electrons. The summed E-state index contributed by atoms with van der Waals surface area (Å²) in [5.41, 5.74) is 0.578. The number of carbonyl (C=O) groups excluding carboxylic acids is 2. The number of halogens is 4. The van der Waals surface area contributed by atoms with E-state index in [4.69, 9.17) is 0 Å². The number of carbonyl (C=O) groups is 2. The molecule has 0 aliphatic rings. The van der Waals surface area contributed by atoms with E-state index in [1.54, 1.807) is 0 Å². The van der Waals surface area contributed by atoms with Crippen molar-refractivity contribution < 1.29 is 31.9 Å². The zero-order valence-electron chi connectivity index (χ0n) is 14.6. The predicted molar refractivity (Wildman–Crippen MR) is 93.4 cm³/mol. The van der Waals surface area contributed by atoms with Crippen molar-refractivity contribution in [3.63, 3.8) is 0 Å². The number of benzene rings is 2. The summed E-state index contributed by atoms with van der Waals surface area (Å²) in [7, 11) is 1.33. The minimum absolute atomic E-state index is 0.0328. The van der Waals surface area contributed by atoms with E-state index >= 15 is 0 Å². The van der Waals surface area contributed by atoms with Gasteiger partial charge in [0, 0.05) is 13.1 Å². The lowest BCUT2D eigenvalue weighted by molar-refractivity contribution is -0.126. The van der Waals surface area contributed by atoms with Crippen LogP contribution in [0.25, 0.3) is 6.08 Å². The van der Waals surface area contributed by atoms with Crippen LogP contribution < -0.4 is 15.4 Å². The Kier molecular flexibility index (Phi) is 7.14. The largest absolute Gasteiger partial charge is 0.435 e. The number of amides is 2. The van der Waals surface area contributed by atoms with E-state index in [1.165, 1.54) is 43.5 Å². The Labute approximate surface area is 158 Å². The summed E-state index contributed by atoms with van der Waals surface area (Å²) in [5, 5.41) is 4.72. The van der Waals surface area contributed by atoms with Crippen molar-refractivity contribution in [1.82, 2.24) is 10.6 Å². The molecule has 0 radical (unpaired) electrons. The third-order valence-electron chi connectivity index (χ3n) is 3.60. The lowest BCUT2D eigenvalue weighted by Crippen LogP contribution is -2.38. The van der Waals surface area contributed by atoms with Crippen LogP contribution in [0.3, 0.4) is 0 Å². The Morgan fingerprint density at radius 1 is 1.04 bits per heavy atom. The van der Waals surface area contributed by atoms with Crippen molar-refractivity contribution in [1.29, 1.82) is 0 Å². The molecule has 1 unspecified atom stereocenters. The van der Waals surface area contributed by atoms with Crippen LogP contribution >= 0.6 is 0 Å². The Hall–Kier alpha value is -3.36. The smallest absolute Gasteiger partial charge is 0.387 e. The second-order valence-corrected chi connectivity index (χ2v) is 5.51. The summed E-state index contributed by atoms with van der Waals surface area (Å²) in [5.74, 6) is -3.56. The standard InChI is InChI=1S/C19H16F4N2O3/c1-24-18(27)17(12-5-8-14(20)15(21)10-12)25-16(26)9-4-11-2-6-13(7-3-11)28-19(22)23/h2-10,17,19H,1H3,(H,24,27)(H,25,26)/b9-4+. The Morgan fingerprint density at radius 3 is 2.29 bits per heavy atom. The molecule has 1 atom stereocenters. The zero-order chi connectivity index (χ0) is 20.7. The van der Waals surface area contributed by atoms with Crippen LogP contribution in [0.5, 0.6) is 5.75 Å². The van der Waals surface area contributed by atoms with Gasteiger partial charge in [0.2, 0.25) is 11.8 Å². The average Bonchev–Trinajstić information content (AvgIpc) is 2.66. The molecule has 0 heterocycles. The first kappa shape index (κ1) is 20.9. The fraction of sp³-hybridized carbons (Fsp3) is 0.158. The van der Waals surface area contributed by atoms with Crippen LogP contribution in [-0.4, -0.2) is 25.5 Å². The van der Waals surface area contributed by atoms with Gasteiger partial charge >= 0.3 is 6.61 Å². The maximum atomic E-state index is 13.4. The van der Waals surface area contributed by atoms with E-state index in [0.717, 1.165) is 18.2 Å². The average molecular weight is 396 g/mol. The SMILES string of the molecule is CNC(=O)C(NC(=O)/C=C/c1ccc(OC(F)F)cc1)c1ccc(F)c(F)c1. The van der Waals surface area contributed by atoms with Crippen LogP contribution in [0, 0.1) is 11.6 Å². The number of alkyl halides is 2. The first-order chi connectivity index (χ1) is 13.3. The van der Waals surface area contributed by atoms with Gasteiger partial charge in [-0.2, -0.15) is 8.78 Å². The molecule has 0 aliphatic carbocycles. The van der Waals surface area contributed by atoms with E-state index in [-0.39, 0.29) is 11.3 Å². The summed E-state index contributed by atoms with van der Waals surface area (Å²) < 4.78 is 55.0. The van der Waals surface area contributed by atoms with Crippen LogP contribution in [0.1, 0.15) is 17.2 Å². The number of rotatable bonds is 7. The second-order valence-electron chi connectivity index (χ2n) is 5.51. The van der Waals surface area contributed by atoms with Crippen LogP contribution in [-0.2, 0) is 9.59 Å². The molecule has 28 heavy (non-hydrogen) atoms. The van der Waals surface area contributed by atoms with E-state index in [0.29, 0.717) is 5.56 Å². The third kappa shape index (κ3) is 5.83. The number of nitrogens with one attached hydrogen (secondary N) is 2. The molecule has 9 heteroatoms. The molecule has 0 aliphatic heterocycles. The Morgan fingerprint density at radius 2 is 1.71 bits per heavy atom. The van der Waals surface area contributed by atoms with E-state index < -0.39 is 36.1 Å². The molecular weight excluding hydrogens is 380 g/mol. The summed E-state index contributed by atoms with van der Waals surface area (Å²) in [4.78, 5) is 24.1. The Balaban J connectivity index is 2.09. The number of likely N-dealkylation sites (N-methyl/N-ethyl adjacent to an activating group) is 1. The quantitative estimate of drug-likeness (QED) is 0.558. The molecule has 5 nitrogen and oxygen atoms in total. The minimum Gasteiger partial charge on any atom is -0.435 e. The molecule has 0 saturated heterocycles. The van der Waals surface area contributed by atoms with Gasteiger partial charge < -0.3 is 15.4 Å². The van der Waals surface area contributed by atoms with Crippen molar-refractivity contribution in [3.8, 4) is 5.75 Å². The minimum atomic E-state index is -2.94. The molecule has 0 aromatic heterocycles. The van der Waals surface area contributed by atoms with Gasteiger partial charge in [-0.05, 0) is 41.5 Å². The molecule has 0 spiro atoms. The Bertz CT molecular complexity index is 870. The molecule has 2 aromatic rings. The highest BCUT2D eigenvalue weighted by Crippen LogP contribution is 2.18. The number of hydrogen-bond acceptors (Lipinski definition) is 3. The van der Waals surface area contributed by atoms with Crippen molar-refractivity contribution in [3.05, 3.63) is 71.3 Å². The zero-order valence-corrected chi connectivity index (χ0v) is 14.6. The van der Waals surface area contributed by atoms with Gasteiger partial charge in [-0.3, -0.25) is 9.59 Å². The molecule has 2 rings (SSSR count). The first-order valence-corrected chi connectivity index (χ1v) is 8.00. The highest BCUT2D eigenvalue weighted by atomic mass is 19.3. The van der Waals surface area contributed by atoms with Crippen LogP contribution in [0.15, 0.2) is 48.5 Å². The van der Waals surface area contributed by atoms with Gasteiger partial charge in [-0.15, -0.1) is 0 Å². The molecule has 0 fully saturated rings. The summed E-state index contributed by atoms with van der Waals surface area (Å²) in [6.45, 7) is -2.94. The summed E-state index contributed by atoms with van der Waals surface area (Å²) in [6.07, 6.45) is 2.49. The highest BCUT2D eigenvalue weighted by molar-refractivity contribution is 5.95. The van der Waals surface area contributed by atoms with Crippen LogP contribution in [0.4, 0.5) is 17.6 Å². The second kappa shape index (κ2) is 9.54. The maximum absolute atomic E-state index is 13.4. The molecule has 2 amide bonds. The lowest BCUT2D eigenvalue weighted by atomic mass is 10.1. The van der Waals surface area contributed by atoms with Gasteiger partial charge in [0.05, 0.1) is 0 Å². The van der Waals surface area contributed by atoms with Gasteiger partial charge in [0.1, 0.15) is 11.8 Å². The van der Waals surface area contributed by atoms with Crippen molar-refractivity contribution >= 4 is 17.9 Å². The fourth-order valence-corrected chi connectivity index (χ4v) is 2.26. The van der Waals surface area contributed by atoms with Gasteiger partial charge in [-0.1, -0.05) is 18.2 Å². The van der Waals surface area contributed by atoms with Crippen molar-refractivity contribution in [2.75, 3.05) is 7.05 Å². The topological polar surface area (TPSA) is 67.4 Å². The van der Waals surface area contributed by atoms with Gasteiger partial charge in [-0.25, -0.2) is 8.78 Å². The highest BCUT2D eigenvalue weighted by Gasteiger charge is 2.22. The summed E-state index contributed by atoms with van der Waals surface area (Å²) in [6, 6.07) is 7.13. The van der Waals surface area contributed by atoms with E-state index in [9.17, 15) is 27.2 Å². The third-order valence-corrected chi connectivity index (χ3v) is 3.60. The van der Waals surface area contributed by atoms with E-state index in [2.05, 4.69) is 15.4 Å². The lowest BCUT2D eigenvalue weighted by Gasteiger charge is -2.17. The van der Waals surface area contributed by atoms with Crippen molar-refractivity contribution in [2.24, 2.45) is 0 Å². The van der Waals surface area contributed by atoms with Crippen molar-refractivity contribution in [2.45, 2.75) is 12.7 Å². The first-order valence-electron chi connectivity index (χ1n) is 8.00. The van der Waals surface area contributed by atoms with E-state index in [1.807, 2.05) is 0 Å². The molecular formula is C19H16F4N2O3. The van der Waals surface area contributed by atoms with Gasteiger partial charge in [0.15, 0.2) is 11.6 Å². The molecule has 2 aromatic carbocycles. The molecule has 0 saturated carbocycles. The summed E-state index contributed by atoms with van der Waals surface area (Å²) >= 11 is 0. The predicted octanol–water partition coefficient (Wildman–Crippen LogP) is 3.18. The number of hydrogen-bond donors (Lipinski definition) is 2. The number of ether oxygens (including phenoxy) is 1. The van der Waals surface area contributed by atoms with Crippen LogP contribution in [0.2, 0.25) is 0 Å². The van der Waals surface area contributed by atoms with Gasteiger partial charge in [0.25, 0.3) is 0 Å². The maximum Gasteiger partial charge on any atom is 0.387 e. The normalized spacial score (nSPS) is 12.1. The monoisotopic (exact) mass is 396 g/mol.